The number of nitrogen functional groups attached to an aromatic ring is 1. The Labute approximate surface area is 108 Å². The summed E-state index contributed by atoms with van der Waals surface area (Å²) in [5.74, 6) is 0.221. The minimum Gasteiger partial charge on any atom is -0.398 e. The number of tetrazole rings is 1. The number of halogens is 1. The molecule has 1 aromatic heterocycles. The molecule has 0 amide bonds. The van der Waals surface area contributed by atoms with E-state index in [0.717, 1.165) is 0 Å². The molecule has 96 valence electrons. The normalized spacial score (nSPS) is 11.6. The van der Waals surface area contributed by atoms with E-state index in [1.165, 1.54) is 18.2 Å². The standard InChI is InChI=1S/C8H9ClN6O2S/c9-5-1-2-6(10)7(3-5)18(16,17)11-4-8-12-14-15-13-8/h1-3,11H,4,10H2,(H,12,13,14,15). The van der Waals surface area contributed by atoms with E-state index < -0.39 is 10.0 Å². The van der Waals surface area contributed by atoms with Gasteiger partial charge in [-0.05, 0) is 18.2 Å². The molecule has 0 spiro atoms. The lowest BCUT2D eigenvalue weighted by Gasteiger charge is -2.07. The number of H-pyrrole nitrogens is 1. The highest BCUT2D eigenvalue weighted by molar-refractivity contribution is 7.89. The number of nitrogens with two attached hydrogens (primary N) is 1. The summed E-state index contributed by atoms with van der Waals surface area (Å²) >= 11 is 5.74. The lowest BCUT2D eigenvalue weighted by atomic mass is 10.3. The summed E-state index contributed by atoms with van der Waals surface area (Å²) in [6.45, 7) is -0.0925. The fraction of sp³-hybridized carbons (Fsp3) is 0.125. The first-order chi connectivity index (χ1) is 8.49. The SMILES string of the molecule is Nc1ccc(Cl)cc1S(=O)(=O)NCc1nn[nH]n1. The zero-order valence-corrected chi connectivity index (χ0v) is 10.5. The molecular formula is C8H9ClN6O2S. The van der Waals surface area contributed by atoms with Crippen LogP contribution in [0.25, 0.3) is 0 Å². The zero-order valence-electron chi connectivity index (χ0n) is 8.96. The number of hydrogen-bond acceptors (Lipinski definition) is 6. The molecule has 10 heteroatoms. The predicted octanol–water partition coefficient (Wildman–Crippen LogP) is -0.0862. The minimum atomic E-state index is -3.77. The maximum Gasteiger partial charge on any atom is 0.243 e. The molecule has 8 nitrogen and oxygen atoms in total. The predicted molar refractivity (Wildman–Crippen MR) is 64.1 cm³/mol. The van der Waals surface area contributed by atoms with E-state index in [0.29, 0.717) is 0 Å². The van der Waals surface area contributed by atoms with E-state index in [2.05, 4.69) is 25.3 Å². The Hall–Kier alpha value is -1.71. The van der Waals surface area contributed by atoms with Crippen molar-refractivity contribution < 1.29 is 8.42 Å². The van der Waals surface area contributed by atoms with Crippen molar-refractivity contribution in [3.05, 3.63) is 29.0 Å². The number of anilines is 1. The van der Waals surface area contributed by atoms with Crippen molar-refractivity contribution in [1.29, 1.82) is 0 Å². The second-order valence-corrected chi connectivity index (χ2v) is 5.51. The van der Waals surface area contributed by atoms with E-state index in [9.17, 15) is 8.42 Å². The van der Waals surface area contributed by atoms with Crippen molar-refractivity contribution in [3.8, 4) is 0 Å². The van der Waals surface area contributed by atoms with Crippen LogP contribution in [0.1, 0.15) is 5.82 Å². The number of nitrogens with one attached hydrogen (secondary N) is 2. The van der Waals surface area contributed by atoms with Crippen LogP contribution in [-0.2, 0) is 16.6 Å². The van der Waals surface area contributed by atoms with Gasteiger partial charge in [0.25, 0.3) is 0 Å². The molecular weight excluding hydrogens is 280 g/mol. The Morgan fingerprint density at radius 2 is 2.22 bits per heavy atom. The van der Waals surface area contributed by atoms with Crippen LogP contribution in [-0.4, -0.2) is 29.0 Å². The third kappa shape index (κ3) is 2.75. The first-order valence-electron chi connectivity index (χ1n) is 4.76. The van der Waals surface area contributed by atoms with Crippen LogP contribution in [0.15, 0.2) is 23.1 Å². The van der Waals surface area contributed by atoms with Crippen LogP contribution in [0.4, 0.5) is 5.69 Å². The molecule has 0 aliphatic rings. The quantitative estimate of drug-likeness (QED) is 0.675. The van der Waals surface area contributed by atoms with Gasteiger partial charge in [0.1, 0.15) is 4.90 Å². The van der Waals surface area contributed by atoms with Crippen LogP contribution in [0.3, 0.4) is 0 Å². The van der Waals surface area contributed by atoms with Gasteiger partial charge in [-0.25, -0.2) is 13.1 Å². The Kier molecular flexibility index (Phi) is 3.45. The molecule has 0 saturated heterocycles. The summed E-state index contributed by atoms with van der Waals surface area (Å²) in [4.78, 5) is -0.0847. The minimum absolute atomic E-state index is 0.0847. The van der Waals surface area contributed by atoms with Crippen molar-refractivity contribution >= 4 is 27.3 Å². The van der Waals surface area contributed by atoms with Gasteiger partial charge >= 0.3 is 0 Å². The fourth-order valence-corrected chi connectivity index (χ4v) is 2.61. The van der Waals surface area contributed by atoms with Crippen LogP contribution in [0.2, 0.25) is 5.02 Å². The first-order valence-corrected chi connectivity index (χ1v) is 6.62. The van der Waals surface area contributed by atoms with E-state index in [-0.39, 0.29) is 28.0 Å². The molecule has 0 aliphatic carbocycles. The maximum atomic E-state index is 12.0. The average molecular weight is 289 g/mol. The van der Waals surface area contributed by atoms with Crippen molar-refractivity contribution in [2.24, 2.45) is 0 Å². The monoisotopic (exact) mass is 288 g/mol. The number of rotatable bonds is 4. The lowest BCUT2D eigenvalue weighted by Crippen LogP contribution is -2.24. The maximum absolute atomic E-state index is 12.0. The molecule has 1 aromatic carbocycles. The van der Waals surface area contributed by atoms with Gasteiger partial charge in [0, 0.05) is 5.02 Å². The number of benzene rings is 1. The zero-order chi connectivity index (χ0) is 13.2. The van der Waals surface area contributed by atoms with Crippen molar-refractivity contribution in [3.63, 3.8) is 0 Å². The summed E-state index contributed by atoms with van der Waals surface area (Å²) in [5.41, 5.74) is 5.71. The van der Waals surface area contributed by atoms with E-state index in [4.69, 9.17) is 17.3 Å². The Morgan fingerprint density at radius 3 is 2.89 bits per heavy atom. The summed E-state index contributed by atoms with van der Waals surface area (Å²) in [5, 5.41) is 13.1. The molecule has 0 radical (unpaired) electrons. The smallest absolute Gasteiger partial charge is 0.243 e. The highest BCUT2D eigenvalue weighted by atomic mass is 35.5. The third-order valence-electron chi connectivity index (χ3n) is 2.07. The molecule has 2 rings (SSSR count). The molecule has 4 N–H and O–H groups in total. The molecule has 0 aliphatic heterocycles. The molecule has 0 bridgehead atoms. The van der Waals surface area contributed by atoms with E-state index >= 15 is 0 Å². The highest BCUT2D eigenvalue weighted by Crippen LogP contribution is 2.22. The van der Waals surface area contributed by atoms with Gasteiger partial charge < -0.3 is 5.73 Å². The van der Waals surface area contributed by atoms with Gasteiger partial charge in [-0.2, -0.15) is 5.21 Å². The lowest BCUT2D eigenvalue weighted by molar-refractivity contribution is 0.579. The summed E-state index contributed by atoms with van der Waals surface area (Å²) in [6.07, 6.45) is 0. The topological polar surface area (TPSA) is 127 Å². The fourth-order valence-electron chi connectivity index (χ4n) is 1.24. The van der Waals surface area contributed by atoms with Crippen LogP contribution in [0, 0.1) is 0 Å². The van der Waals surface area contributed by atoms with Crippen molar-refractivity contribution in [1.82, 2.24) is 25.3 Å². The van der Waals surface area contributed by atoms with E-state index in [1.54, 1.807) is 0 Å². The third-order valence-corrected chi connectivity index (χ3v) is 3.77. The van der Waals surface area contributed by atoms with Crippen LogP contribution in [0.5, 0.6) is 0 Å². The number of sulfonamides is 1. The van der Waals surface area contributed by atoms with Gasteiger partial charge in [0.15, 0.2) is 5.82 Å². The number of hydrogen-bond donors (Lipinski definition) is 3. The van der Waals surface area contributed by atoms with Gasteiger partial charge in [-0.3, -0.25) is 0 Å². The second-order valence-electron chi connectivity index (χ2n) is 3.33. The summed E-state index contributed by atoms with van der Waals surface area (Å²) < 4.78 is 26.2. The number of aromatic amines is 1. The van der Waals surface area contributed by atoms with Crippen molar-refractivity contribution in [2.75, 3.05) is 5.73 Å². The van der Waals surface area contributed by atoms with E-state index in [1.807, 2.05) is 0 Å². The number of aromatic nitrogens is 4. The van der Waals surface area contributed by atoms with Crippen molar-refractivity contribution in [2.45, 2.75) is 11.4 Å². The van der Waals surface area contributed by atoms with Gasteiger partial charge in [0.05, 0.1) is 12.2 Å². The second kappa shape index (κ2) is 4.88. The first kappa shape index (κ1) is 12.7. The largest absolute Gasteiger partial charge is 0.398 e. The Balaban J connectivity index is 2.22. The molecule has 2 aromatic rings. The Bertz CT molecular complexity index is 642. The molecule has 18 heavy (non-hydrogen) atoms. The molecule has 1 heterocycles. The van der Waals surface area contributed by atoms with Gasteiger partial charge in [-0.15, -0.1) is 10.2 Å². The average Bonchev–Trinajstić information content (AvgIpc) is 2.83. The van der Waals surface area contributed by atoms with Crippen LogP contribution >= 0.6 is 11.6 Å². The van der Waals surface area contributed by atoms with Gasteiger partial charge in [0.2, 0.25) is 10.0 Å². The summed E-state index contributed by atoms with van der Waals surface area (Å²) in [6, 6.07) is 4.20. The molecule has 0 saturated carbocycles. The molecule has 0 fully saturated rings. The number of nitrogens with zero attached hydrogens (tertiary/aromatic N) is 3. The summed E-state index contributed by atoms with van der Waals surface area (Å²) in [7, 11) is -3.77. The molecule has 0 atom stereocenters. The molecule has 0 unspecified atom stereocenters. The van der Waals surface area contributed by atoms with Crippen LogP contribution < -0.4 is 10.5 Å². The Morgan fingerprint density at radius 1 is 1.44 bits per heavy atom. The van der Waals surface area contributed by atoms with Gasteiger partial charge in [-0.1, -0.05) is 16.8 Å². The highest BCUT2D eigenvalue weighted by Gasteiger charge is 2.18.